The number of nitrogens with two attached hydrogens (primary N) is 2. The van der Waals surface area contributed by atoms with E-state index in [4.69, 9.17) is 20.9 Å². The van der Waals surface area contributed by atoms with Gasteiger partial charge in [0.2, 0.25) is 5.95 Å². The van der Waals surface area contributed by atoms with E-state index in [2.05, 4.69) is 37.3 Å². The van der Waals surface area contributed by atoms with Crippen LogP contribution < -0.4 is 20.9 Å². The molecular formula is C15H17IN4O4. The van der Waals surface area contributed by atoms with Gasteiger partial charge in [-0.1, -0.05) is 0 Å². The fraction of sp³-hybridized carbons (Fsp3) is 0.267. The van der Waals surface area contributed by atoms with Gasteiger partial charge in [-0.05, 0) is 40.3 Å². The SMILES string of the molecule is COC(=O)COc1c(I)cc(Cc2cnc(N)nc2N)cc1OC. The number of halogens is 1. The van der Waals surface area contributed by atoms with E-state index in [1.54, 1.807) is 6.20 Å². The van der Waals surface area contributed by atoms with E-state index in [1.807, 2.05) is 12.1 Å². The van der Waals surface area contributed by atoms with E-state index in [0.717, 1.165) is 14.7 Å². The molecular weight excluding hydrogens is 427 g/mol. The summed E-state index contributed by atoms with van der Waals surface area (Å²) in [5.41, 5.74) is 13.1. The average Bonchev–Trinajstić information content (AvgIpc) is 2.55. The van der Waals surface area contributed by atoms with E-state index in [1.165, 1.54) is 14.2 Å². The van der Waals surface area contributed by atoms with Gasteiger partial charge in [-0.2, -0.15) is 4.98 Å². The molecule has 2 rings (SSSR count). The lowest BCUT2D eigenvalue weighted by molar-refractivity contribution is -0.142. The van der Waals surface area contributed by atoms with Crippen LogP contribution in [0.2, 0.25) is 0 Å². The second kappa shape index (κ2) is 7.99. The Hall–Kier alpha value is -2.30. The van der Waals surface area contributed by atoms with Crippen LogP contribution in [0.15, 0.2) is 18.3 Å². The van der Waals surface area contributed by atoms with Crippen molar-refractivity contribution in [2.45, 2.75) is 6.42 Å². The Balaban J connectivity index is 2.26. The van der Waals surface area contributed by atoms with Crippen LogP contribution >= 0.6 is 22.6 Å². The van der Waals surface area contributed by atoms with E-state index in [0.29, 0.717) is 23.7 Å². The Morgan fingerprint density at radius 3 is 2.67 bits per heavy atom. The minimum absolute atomic E-state index is 0.134. The lowest BCUT2D eigenvalue weighted by Gasteiger charge is -2.14. The highest BCUT2D eigenvalue weighted by Crippen LogP contribution is 2.34. The number of aromatic nitrogens is 2. The normalized spacial score (nSPS) is 10.3. The number of ether oxygens (including phenoxy) is 3. The van der Waals surface area contributed by atoms with Gasteiger partial charge in [0.1, 0.15) is 5.82 Å². The molecule has 0 aliphatic heterocycles. The topological polar surface area (TPSA) is 123 Å². The first-order valence-corrected chi connectivity index (χ1v) is 7.95. The standard InChI is InChI=1S/C15H17IN4O4/c1-22-11-5-8(3-9-6-19-15(18)20-14(9)17)4-10(16)13(11)24-7-12(21)23-2/h4-6H,3,7H2,1-2H3,(H4,17,18,19,20). The van der Waals surface area contributed by atoms with Crippen LogP contribution in [-0.4, -0.2) is 36.8 Å². The zero-order chi connectivity index (χ0) is 17.7. The zero-order valence-corrected chi connectivity index (χ0v) is 15.4. The highest BCUT2D eigenvalue weighted by molar-refractivity contribution is 14.1. The van der Waals surface area contributed by atoms with Crippen molar-refractivity contribution in [2.24, 2.45) is 0 Å². The molecule has 0 spiro atoms. The van der Waals surface area contributed by atoms with Crippen LogP contribution in [-0.2, 0) is 16.0 Å². The van der Waals surface area contributed by atoms with E-state index in [9.17, 15) is 4.79 Å². The van der Waals surface area contributed by atoms with Gasteiger partial charge in [0.15, 0.2) is 18.1 Å². The molecule has 0 fully saturated rings. The largest absolute Gasteiger partial charge is 0.493 e. The lowest BCUT2D eigenvalue weighted by atomic mass is 10.1. The van der Waals surface area contributed by atoms with Crippen LogP contribution in [0.4, 0.5) is 11.8 Å². The summed E-state index contributed by atoms with van der Waals surface area (Å²) < 4.78 is 16.2. The first-order chi connectivity index (χ1) is 11.4. The third kappa shape index (κ3) is 4.37. The number of anilines is 2. The molecule has 2 aromatic rings. The maximum absolute atomic E-state index is 11.2. The number of nitrogens with zero attached hydrogens (tertiary/aromatic N) is 2. The molecule has 1 aromatic carbocycles. The Morgan fingerprint density at radius 1 is 1.29 bits per heavy atom. The number of carbonyl (C=O) groups is 1. The fourth-order valence-corrected chi connectivity index (χ4v) is 2.82. The van der Waals surface area contributed by atoms with E-state index >= 15 is 0 Å². The summed E-state index contributed by atoms with van der Waals surface area (Å²) in [6.07, 6.45) is 2.11. The third-order valence-electron chi connectivity index (χ3n) is 3.16. The smallest absolute Gasteiger partial charge is 0.343 e. The molecule has 8 nitrogen and oxygen atoms in total. The highest BCUT2D eigenvalue weighted by atomic mass is 127. The first-order valence-electron chi connectivity index (χ1n) is 6.87. The van der Waals surface area contributed by atoms with Gasteiger partial charge in [-0.3, -0.25) is 0 Å². The predicted molar refractivity (Wildman–Crippen MR) is 96.9 cm³/mol. The molecule has 0 amide bonds. The number of hydrogen-bond acceptors (Lipinski definition) is 8. The summed E-state index contributed by atoms with van der Waals surface area (Å²) in [6.45, 7) is -0.193. The zero-order valence-electron chi connectivity index (χ0n) is 13.2. The molecule has 128 valence electrons. The van der Waals surface area contributed by atoms with Crippen LogP contribution in [0.1, 0.15) is 11.1 Å². The summed E-state index contributed by atoms with van der Waals surface area (Å²) in [5, 5.41) is 0. The number of methoxy groups -OCH3 is 2. The van der Waals surface area contributed by atoms with E-state index < -0.39 is 5.97 Å². The first kappa shape index (κ1) is 18.0. The molecule has 0 saturated heterocycles. The van der Waals surface area contributed by atoms with Gasteiger partial charge in [0.05, 0.1) is 17.8 Å². The quantitative estimate of drug-likeness (QED) is 0.507. The molecule has 4 N–H and O–H groups in total. The minimum atomic E-state index is -0.469. The lowest BCUT2D eigenvalue weighted by Crippen LogP contribution is -2.13. The summed E-state index contributed by atoms with van der Waals surface area (Å²) in [5.74, 6) is 0.991. The monoisotopic (exact) mass is 444 g/mol. The third-order valence-corrected chi connectivity index (χ3v) is 3.96. The molecule has 0 saturated carbocycles. The number of hydrogen-bond donors (Lipinski definition) is 2. The minimum Gasteiger partial charge on any atom is -0.493 e. The highest BCUT2D eigenvalue weighted by Gasteiger charge is 2.15. The van der Waals surface area contributed by atoms with Crippen LogP contribution in [0.25, 0.3) is 0 Å². The fourth-order valence-electron chi connectivity index (χ4n) is 2.00. The number of nitrogen functional groups attached to an aromatic ring is 2. The predicted octanol–water partition coefficient (Wildman–Crippen LogP) is 1.40. The summed E-state index contributed by atoms with van der Waals surface area (Å²) in [6, 6.07) is 3.72. The second-order valence-electron chi connectivity index (χ2n) is 4.79. The number of benzene rings is 1. The molecule has 0 bridgehead atoms. The van der Waals surface area contributed by atoms with Crippen molar-refractivity contribution in [3.63, 3.8) is 0 Å². The number of esters is 1. The molecule has 0 radical (unpaired) electrons. The van der Waals surface area contributed by atoms with Gasteiger partial charge in [0, 0.05) is 18.2 Å². The Labute approximate surface area is 152 Å². The number of carbonyl (C=O) groups excluding carboxylic acids is 1. The van der Waals surface area contributed by atoms with Gasteiger partial charge < -0.3 is 25.7 Å². The van der Waals surface area contributed by atoms with Crippen molar-refractivity contribution >= 4 is 40.3 Å². The van der Waals surface area contributed by atoms with Crippen LogP contribution in [0.5, 0.6) is 11.5 Å². The average molecular weight is 444 g/mol. The van der Waals surface area contributed by atoms with Gasteiger partial charge in [0.25, 0.3) is 0 Å². The Kier molecular flexibility index (Phi) is 6.01. The summed E-state index contributed by atoms with van der Waals surface area (Å²) >= 11 is 2.11. The molecule has 0 unspecified atom stereocenters. The van der Waals surface area contributed by atoms with Crippen LogP contribution in [0.3, 0.4) is 0 Å². The summed E-state index contributed by atoms with van der Waals surface area (Å²) in [7, 11) is 2.83. The van der Waals surface area contributed by atoms with Crippen LogP contribution in [0, 0.1) is 3.57 Å². The Morgan fingerprint density at radius 2 is 2.04 bits per heavy atom. The van der Waals surface area contributed by atoms with Crippen molar-refractivity contribution in [3.05, 3.63) is 33.0 Å². The van der Waals surface area contributed by atoms with Crippen molar-refractivity contribution in [1.29, 1.82) is 0 Å². The summed E-state index contributed by atoms with van der Waals surface area (Å²) in [4.78, 5) is 19.1. The van der Waals surface area contributed by atoms with Crippen molar-refractivity contribution < 1.29 is 19.0 Å². The van der Waals surface area contributed by atoms with Gasteiger partial charge in [-0.15, -0.1) is 0 Å². The van der Waals surface area contributed by atoms with Gasteiger partial charge >= 0.3 is 5.97 Å². The maximum atomic E-state index is 11.2. The molecule has 9 heteroatoms. The molecule has 1 aromatic heterocycles. The molecule has 0 atom stereocenters. The molecule has 24 heavy (non-hydrogen) atoms. The van der Waals surface area contributed by atoms with Crippen molar-refractivity contribution in [3.8, 4) is 11.5 Å². The Bertz CT molecular complexity index is 754. The number of rotatable bonds is 6. The van der Waals surface area contributed by atoms with Crippen molar-refractivity contribution in [1.82, 2.24) is 9.97 Å². The van der Waals surface area contributed by atoms with Gasteiger partial charge in [-0.25, -0.2) is 9.78 Å². The molecule has 0 aliphatic carbocycles. The second-order valence-corrected chi connectivity index (χ2v) is 5.95. The van der Waals surface area contributed by atoms with E-state index in [-0.39, 0.29) is 12.6 Å². The van der Waals surface area contributed by atoms with Crippen molar-refractivity contribution in [2.75, 3.05) is 32.3 Å². The molecule has 0 aliphatic rings. The molecule has 1 heterocycles. The maximum Gasteiger partial charge on any atom is 0.343 e.